The molecule has 1 N–H and O–H groups in total. The van der Waals surface area contributed by atoms with Crippen LogP contribution in [0.1, 0.15) is 46.6 Å². The first-order valence-corrected chi connectivity index (χ1v) is 8.89. The number of carbonyl (C=O) groups is 2. The van der Waals surface area contributed by atoms with Crippen LogP contribution in [0.3, 0.4) is 0 Å². The van der Waals surface area contributed by atoms with Crippen molar-refractivity contribution in [3.8, 4) is 0 Å². The van der Waals surface area contributed by atoms with E-state index in [4.69, 9.17) is 4.74 Å². The average Bonchev–Trinajstić information content (AvgIpc) is 2.94. The summed E-state index contributed by atoms with van der Waals surface area (Å²) in [5.41, 5.74) is 0.571. The molecular formula is C20H30N2O3. The van der Waals surface area contributed by atoms with Crippen LogP contribution in [0.15, 0.2) is 24.3 Å². The number of nitrogens with zero attached hydrogens (tertiary/aromatic N) is 1. The number of aldehydes is 1. The molecule has 5 heteroatoms. The maximum absolute atomic E-state index is 12.7. The summed E-state index contributed by atoms with van der Waals surface area (Å²) in [7, 11) is 1.85. The average molecular weight is 346 g/mol. The summed E-state index contributed by atoms with van der Waals surface area (Å²) in [5, 5.41) is 3.18. The van der Waals surface area contributed by atoms with Crippen molar-refractivity contribution in [3.05, 3.63) is 29.8 Å². The minimum absolute atomic E-state index is 0.116. The molecule has 1 amide bonds. The minimum atomic E-state index is -0.731. The smallest absolute Gasteiger partial charge is 0.410 e. The Kier molecular flexibility index (Phi) is 5.45. The molecule has 0 spiro atoms. The van der Waals surface area contributed by atoms with Crippen LogP contribution in [0.5, 0.6) is 0 Å². The third-order valence-electron chi connectivity index (χ3n) is 4.80. The Labute approximate surface area is 150 Å². The van der Waals surface area contributed by atoms with E-state index in [2.05, 4.69) is 5.32 Å². The van der Waals surface area contributed by atoms with Crippen molar-refractivity contribution in [2.24, 2.45) is 5.92 Å². The monoisotopic (exact) mass is 346 g/mol. The first-order valence-electron chi connectivity index (χ1n) is 8.89. The van der Waals surface area contributed by atoms with Gasteiger partial charge in [-0.25, -0.2) is 4.79 Å². The third-order valence-corrected chi connectivity index (χ3v) is 4.80. The van der Waals surface area contributed by atoms with E-state index in [-0.39, 0.29) is 18.1 Å². The molecule has 2 rings (SSSR count). The van der Waals surface area contributed by atoms with Crippen LogP contribution < -0.4 is 5.32 Å². The van der Waals surface area contributed by atoms with Gasteiger partial charge in [-0.2, -0.15) is 0 Å². The number of hydrogen-bond acceptors (Lipinski definition) is 4. The SMILES string of the molecule is CNc1ccccc1[C@@]1(C=O)CCN(C(=O)OC(C)(C)C)C1C(C)C. The quantitative estimate of drug-likeness (QED) is 0.842. The van der Waals surface area contributed by atoms with Crippen LogP contribution in [0, 0.1) is 5.92 Å². The van der Waals surface area contributed by atoms with E-state index < -0.39 is 11.0 Å². The first kappa shape index (κ1) is 19.3. The molecule has 1 fully saturated rings. The van der Waals surface area contributed by atoms with Crippen molar-refractivity contribution in [1.29, 1.82) is 0 Å². The van der Waals surface area contributed by atoms with E-state index >= 15 is 0 Å². The van der Waals surface area contributed by atoms with Crippen LogP contribution in [-0.2, 0) is 14.9 Å². The Hall–Kier alpha value is -2.04. The van der Waals surface area contributed by atoms with E-state index in [1.165, 1.54) is 0 Å². The number of rotatable bonds is 4. The maximum Gasteiger partial charge on any atom is 0.410 e. The Morgan fingerprint density at radius 3 is 2.52 bits per heavy atom. The molecular weight excluding hydrogens is 316 g/mol. The minimum Gasteiger partial charge on any atom is -0.444 e. The maximum atomic E-state index is 12.7. The number of benzene rings is 1. The van der Waals surface area contributed by atoms with Crippen LogP contribution in [0.2, 0.25) is 0 Å². The highest BCUT2D eigenvalue weighted by Crippen LogP contribution is 2.45. The Morgan fingerprint density at radius 1 is 1.36 bits per heavy atom. The Bertz CT molecular complexity index is 636. The molecule has 0 bridgehead atoms. The summed E-state index contributed by atoms with van der Waals surface area (Å²) >= 11 is 0. The van der Waals surface area contributed by atoms with E-state index in [1.807, 2.05) is 65.9 Å². The number of nitrogens with one attached hydrogen (secondary N) is 1. The molecule has 1 aliphatic heterocycles. The van der Waals surface area contributed by atoms with Crippen molar-refractivity contribution in [1.82, 2.24) is 4.90 Å². The van der Waals surface area contributed by atoms with Gasteiger partial charge in [0.1, 0.15) is 11.9 Å². The van der Waals surface area contributed by atoms with E-state index in [9.17, 15) is 9.59 Å². The van der Waals surface area contributed by atoms with Crippen molar-refractivity contribution < 1.29 is 14.3 Å². The summed E-state index contributed by atoms with van der Waals surface area (Å²) in [6.07, 6.45) is 1.27. The van der Waals surface area contributed by atoms with E-state index in [0.717, 1.165) is 17.5 Å². The molecule has 0 saturated carbocycles. The lowest BCUT2D eigenvalue weighted by Gasteiger charge is -2.38. The summed E-state index contributed by atoms with van der Waals surface area (Å²) in [5.74, 6) is 0.116. The predicted octanol–water partition coefficient (Wildman–Crippen LogP) is 3.83. The number of carbonyl (C=O) groups excluding carboxylic acids is 2. The fourth-order valence-electron chi connectivity index (χ4n) is 3.94. The van der Waals surface area contributed by atoms with Gasteiger partial charge in [0.15, 0.2) is 0 Å². The van der Waals surface area contributed by atoms with Gasteiger partial charge in [0, 0.05) is 19.3 Å². The lowest BCUT2D eigenvalue weighted by Crippen LogP contribution is -2.50. The molecule has 1 aromatic rings. The van der Waals surface area contributed by atoms with Crippen LogP contribution in [0.4, 0.5) is 10.5 Å². The van der Waals surface area contributed by atoms with Crippen LogP contribution >= 0.6 is 0 Å². The molecule has 0 aromatic heterocycles. The normalized spacial score (nSPS) is 23.6. The summed E-state index contributed by atoms with van der Waals surface area (Å²) in [4.78, 5) is 26.8. The molecule has 2 atom stereocenters. The van der Waals surface area contributed by atoms with Gasteiger partial charge in [-0.1, -0.05) is 32.0 Å². The molecule has 1 aliphatic rings. The molecule has 1 saturated heterocycles. The molecule has 5 nitrogen and oxygen atoms in total. The molecule has 1 aromatic carbocycles. The Balaban J connectivity index is 2.49. The zero-order valence-corrected chi connectivity index (χ0v) is 16.1. The molecule has 25 heavy (non-hydrogen) atoms. The number of amides is 1. The van der Waals surface area contributed by atoms with Gasteiger partial charge >= 0.3 is 6.09 Å². The summed E-state index contributed by atoms with van der Waals surface area (Å²) in [6.45, 7) is 10.2. The number of anilines is 1. The van der Waals surface area contributed by atoms with Gasteiger partial charge in [0.05, 0.1) is 11.5 Å². The molecule has 1 unspecified atom stereocenters. The zero-order chi connectivity index (χ0) is 18.8. The second-order valence-electron chi connectivity index (χ2n) is 8.07. The molecule has 1 heterocycles. The Morgan fingerprint density at radius 2 is 2.00 bits per heavy atom. The van der Waals surface area contributed by atoms with E-state index in [1.54, 1.807) is 4.90 Å². The van der Waals surface area contributed by atoms with Gasteiger partial charge < -0.3 is 19.7 Å². The van der Waals surface area contributed by atoms with Crippen molar-refractivity contribution >= 4 is 18.1 Å². The van der Waals surface area contributed by atoms with Gasteiger partial charge in [-0.15, -0.1) is 0 Å². The zero-order valence-electron chi connectivity index (χ0n) is 16.1. The van der Waals surface area contributed by atoms with Gasteiger partial charge in [0.25, 0.3) is 0 Å². The second-order valence-corrected chi connectivity index (χ2v) is 8.07. The van der Waals surface area contributed by atoms with Crippen molar-refractivity contribution in [2.75, 3.05) is 18.9 Å². The molecule has 0 aliphatic carbocycles. The van der Waals surface area contributed by atoms with E-state index in [0.29, 0.717) is 13.0 Å². The van der Waals surface area contributed by atoms with Gasteiger partial charge in [-0.3, -0.25) is 0 Å². The van der Waals surface area contributed by atoms with Crippen molar-refractivity contribution in [3.63, 3.8) is 0 Å². The highest BCUT2D eigenvalue weighted by Gasteiger charge is 2.53. The summed E-state index contributed by atoms with van der Waals surface area (Å²) in [6, 6.07) is 7.59. The van der Waals surface area contributed by atoms with Crippen molar-refractivity contribution in [2.45, 2.75) is 58.1 Å². The highest BCUT2D eigenvalue weighted by molar-refractivity contribution is 5.79. The largest absolute Gasteiger partial charge is 0.444 e. The van der Waals surface area contributed by atoms with Gasteiger partial charge in [-0.05, 0) is 44.7 Å². The topological polar surface area (TPSA) is 58.6 Å². The fourth-order valence-corrected chi connectivity index (χ4v) is 3.94. The van der Waals surface area contributed by atoms with Crippen LogP contribution in [-0.4, -0.2) is 42.5 Å². The number of para-hydroxylation sites is 1. The fraction of sp³-hybridized carbons (Fsp3) is 0.600. The lowest BCUT2D eigenvalue weighted by atomic mass is 9.71. The van der Waals surface area contributed by atoms with Crippen LogP contribution in [0.25, 0.3) is 0 Å². The standard InChI is InChI=1S/C20H30N2O3/c1-14(2)17-20(13-23,15-9-7-8-10-16(15)21-6)11-12-22(17)18(24)25-19(3,4)5/h7-10,13-14,17,21H,11-12H2,1-6H3/t17?,20-/m0/s1. The molecule has 138 valence electrons. The highest BCUT2D eigenvalue weighted by atomic mass is 16.6. The number of hydrogen-bond donors (Lipinski definition) is 1. The van der Waals surface area contributed by atoms with Gasteiger partial charge in [0.2, 0.25) is 0 Å². The summed E-state index contributed by atoms with van der Waals surface area (Å²) < 4.78 is 5.59. The second kappa shape index (κ2) is 7.06. The first-order chi connectivity index (χ1) is 11.7. The third kappa shape index (κ3) is 3.65. The molecule has 0 radical (unpaired) electrons. The number of ether oxygens (including phenoxy) is 1. The lowest BCUT2D eigenvalue weighted by molar-refractivity contribution is -0.113. The number of likely N-dealkylation sites (tertiary alicyclic amines) is 1. The predicted molar refractivity (Wildman–Crippen MR) is 99.9 cm³/mol.